The number of hydrogen-bond acceptors (Lipinski definition) is 1. The molecule has 302 valence electrons. The van der Waals surface area contributed by atoms with Crippen molar-refractivity contribution in [1.82, 2.24) is 0 Å². The number of rotatable bonds is 9. The molecule has 0 aliphatic heterocycles. The van der Waals surface area contributed by atoms with Crippen molar-refractivity contribution in [2.24, 2.45) is 0 Å². The van der Waals surface area contributed by atoms with Gasteiger partial charge in [0.15, 0.2) is 0 Å². The second-order valence-electron chi connectivity index (χ2n) is 13.5. The molecule has 0 spiro atoms. The van der Waals surface area contributed by atoms with Crippen LogP contribution in [0, 0.1) is 0 Å². The third kappa shape index (κ3) is 14.5. The molecule has 0 aliphatic carbocycles. The first-order chi connectivity index (χ1) is 29.8. The van der Waals surface area contributed by atoms with Crippen molar-refractivity contribution in [1.29, 1.82) is 0 Å². The van der Waals surface area contributed by atoms with Gasteiger partial charge in [0, 0.05) is 19.5 Å². The molecule has 0 unspecified atom stereocenters. The van der Waals surface area contributed by atoms with Crippen LogP contribution in [0.15, 0.2) is 273 Å². The van der Waals surface area contributed by atoms with Crippen LogP contribution in [-0.2, 0) is 24.3 Å². The van der Waals surface area contributed by atoms with Crippen LogP contribution in [0.1, 0.15) is 0 Å². The van der Waals surface area contributed by atoms with Crippen molar-refractivity contribution in [3.05, 3.63) is 273 Å². The van der Waals surface area contributed by atoms with Gasteiger partial charge in [-0.05, 0) is 121 Å². The second kappa shape index (κ2) is 26.9. The van der Waals surface area contributed by atoms with Crippen LogP contribution < -0.4 is 47.7 Å². The summed E-state index contributed by atoms with van der Waals surface area (Å²) in [5, 5.41) is 12.9. The van der Waals surface area contributed by atoms with Crippen molar-refractivity contribution in [2.45, 2.75) is 0 Å². The Kier molecular flexibility index (Phi) is 20.7. The molecule has 9 rings (SSSR count). The number of carbonyl (C=O) groups is 1. The number of benzene rings is 9. The first-order valence-corrected chi connectivity index (χ1v) is 24.8. The van der Waals surface area contributed by atoms with Crippen molar-refractivity contribution in [3.8, 4) is 0 Å². The van der Waals surface area contributed by atoms with Gasteiger partial charge in [0.2, 0.25) is 5.75 Å². The van der Waals surface area contributed by atoms with Crippen LogP contribution in [0.25, 0.3) is 0 Å². The van der Waals surface area contributed by atoms with E-state index in [2.05, 4.69) is 285 Å². The summed E-state index contributed by atoms with van der Waals surface area (Å²) in [5.41, 5.74) is 0. The van der Waals surface area contributed by atoms with Crippen molar-refractivity contribution in [3.63, 3.8) is 0 Å². The van der Waals surface area contributed by atoms with E-state index in [1.54, 1.807) is 0 Å². The molecule has 0 saturated heterocycles. The zero-order valence-electron chi connectivity index (χ0n) is 33.7. The average Bonchev–Trinajstić information content (AvgIpc) is 3.33. The fourth-order valence-corrected chi connectivity index (χ4v) is 14.7. The number of carbonyl (C=O) groups excluding carboxylic acids is 1. The van der Waals surface area contributed by atoms with E-state index in [0.29, 0.717) is 0 Å². The molecule has 0 radical (unpaired) electrons. The summed E-state index contributed by atoms with van der Waals surface area (Å²) in [6, 6.07) is 97.5. The Balaban J connectivity index is 0.000000166. The van der Waals surface area contributed by atoms with Gasteiger partial charge in [-0.15, -0.1) is 0 Å². The summed E-state index contributed by atoms with van der Waals surface area (Å²) in [4.78, 5) is 8.57. The molecular formula is C55H49ClOP3Ru+3. The topological polar surface area (TPSA) is 17.1 Å². The smallest absolute Gasteiger partial charge is 0.208 e. The molecule has 0 atom stereocenters. The minimum atomic E-state index is -0.877. The van der Waals surface area contributed by atoms with Crippen LogP contribution in [0.3, 0.4) is 0 Å². The van der Waals surface area contributed by atoms with Crippen LogP contribution in [-0.4, -0.2) is 5.75 Å². The fourth-order valence-electron chi connectivity index (χ4n) is 6.94. The van der Waals surface area contributed by atoms with Crippen molar-refractivity contribution in [2.75, 3.05) is 0 Å². The molecule has 0 saturated carbocycles. The Hall–Kier alpha value is -5.15. The van der Waals surface area contributed by atoms with Crippen molar-refractivity contribution >= 4 is 88.9 Å². The molecule has 0 bridgehead atoms. The van der Waals surface area contributed by atoms with Gasteiger partial charge < -0.3 is 0 Å². The van der Waals surface area contributed by atoms with E-state index in [1.165, 1.54) is 47.7 Å². The summed E-state index contributed by atoms with van der Waals surface area (Å²) in [6.45, 7) is 0. The van der Waals surface area contributed by atoms with E-state index >= 15 is 0 Å². The largest absolute Gasteiger partial charge is 0.285 e. The molecule has 61 heavy (non-hydrogen) atoms. The summed E-state index contributed by atoms with van der Waals surface area (Å²) in [6.07, 6.45) is 0. The zero-order chi connectivity index (χ0) is 41.5. The molecule has 6 heteroatoms. The summed E-state index contributed by atoms with van der Waals surface area (Å²) in [7, 11) is -2.63. The molecule has 0 fully saturated rings. The molecule has 1 nitrogen and oxygen atoms in total. The maximum atomic E-state index is 8.57. The van der Waals surface area contributed by atoms with E-state index in [0.717, 1.165) is 0 Å². The third-order valence-corrected chi connectivity index (χ3v) is 17.8. The number of hydrogen-bond donors (Lipinski definition) is 0. The van der Waals surface area contributed by atoms with Gasteiger partial charge in [0.1, 0.15) is 47.7 Å². The zero-order valence-corrected chi connectivity index (χ0v) is 39.2. The van der Waals surface area contributed by atoms with Gasteiger partial charge in [-0.2, -0.15) is 0 Å². The van der Waals surface area contributed by atoms with Gasteiger partial charge >= 0.3 is 0 Å². The van der Waals surface area contributed by atoms with E-state index in [9.17, 15) is 0 Å². The normalized spacial score (nSPS) is 10.1. The Morgan fingerprint density at radius 2 is 0.311 bits per heavy atom. The molecule has 0 aromatic heterocycles. The third-order valence-electron chi connectivity index (χ3n) is 9.56. The minimum Gasteiger partial charge on any atom is -0.285 e. The van der Waals surface area contributed by atoms with Gasteiger partial charge in [-0.1, -0.05) is 164 Å². The molecule has 0 N–H and O–H groups in total. The molecule has 0 aliphatic rings. The monoisotopic (exact) mass is 955 g/mol. The first kappa shape index (κ1) is 46.9. The maximum Gasteiger partial charge on any atom is 0.208 e. The van der Waals surface area contributed by atoms with Gasteiger partial charge in [0.25, 0.3) is 0 Å². The van der Waals surface area contributed by atoms with Gasteiger partial charge in [0.05, 0.1) is 23.8 Å². The Labute approximate surface area is 383 Å². The number of halogens is 1. The molecule has 0 amide bonds. The Morgan fingerprint density at radius 1 is 0.230 bits per heavy atom. The first-order valence-electron chi connectivity index (χ1n) is 19.9. The summed E-state index contributed by atoms with van der Waals surface area (Å²) >= 11 is 4.32. The van der Waals surface area contributed by atoms with Crippen molar-refractivity contribution < 1.29 is 24.3 Å². The standard InChI is InChI=1S/3C18H15P.CHClO.Ru/c3*1-4-10-16(11-5-1)19(17-12-6-2-7-13-17)18-14-8-3-9-15-18;2-1-3;/h3*1-15H;1H;/p+3. The minimum absolute atomic E-state index is 0. The van der Waals surface area contributed by atoms with E-state index in [-0.39, 0.29) is 25.2 Å². The average molecular weight is 955 g/mol. The van der Waals surface area contributed by atoms with Gasteiger partial charge in [-0.3, -0.25) is 4.79 Å². The molecule has 9 aromatic carbocycles. The van der Waals surface area contributed by atoms with Crippen LogP contribution in [0.2, 0.25) is 0 Å². The van der Waals surface area contributed by atoms with E-state index < -0.39 is 23.8 Å². The van der Waals surface area contributed by atoms with E-state index in [1.807, 2.05) is 0 Å². The molecule has 9 aromatic rings. The second-order valence-corrected chi connectivity index (χ2v) is 21.1. The van der Waals surface area contributed by atoms with Crippen LogP contribution >= 0.6 is 35.4 Å². The maximum absolute atomic E-state index is 8.57. The Bertz CT molecular complexity index is 1930. The predicted molar refractivity (Wildman–Crippen MR) is 272 cm³/mol. The fraction of sp³-hybridized carbons (Fsp3) is 0. The molecular weight excluding hydrogens is 906 g/mol. The SMILES string of the molecule is O=CCl.[Ru].c1ccc([PH+](c2ccccc2)c2ccccc2)cc1.c1ccc([PH+](c2ccccc2)c2ccccc2)cc1.c1ccc([PH+](c2ccccc2)c2ccccc2)cc1. The predicted octanol–water partition coefficient (Wildman–Crippen LogP) is 9.94. The van der Waals surface area contributed by atoms with Crippen LogP contribution in [0.5, 0.6) is 0 Å². The molecule has 0 heterocycles. The summed E-state index contributed by atoms with van der Waals surface area (Å²) < 4.78 is 0. The van der Waals surface area contributed by atoms with Crippen LogP contribution in [0.4, 0.5) is 0 Å². The Morgan fingerprint density at radius 3 is 0.393 bits per heavy atom. The summed E-state index contributed by atoms with van der Waals surface area (Å²) in [5.74, 6) is 0.222. The van der Waals surface area contributed by atoms with Gasteiger partial charge in [-0.25, -0.2) is 0 Å². The quantitative estimate of drug-likeness (QED) is 0.0610. The van der Waals surface area contributed by atoms with E-state index in [4.69, 9.17) is 4.79 Å².